The Morgan fingerprint density at radius 1 is 1.32 bits per heavy atom. The number of aromatic nitrogens is 2. The van der Waals surface area contributed by atoms with Gasteiger partial charge in [0.05, 0.1) is 16.0 Å². The third-order valence-electron chi connectivity index (χ3n) is 3.25. The Morgan fingerprint density at radius 2 is 2.05 bits per heavy atom. The molecule has 0 aliphatic heterocycles. The van der Waals surface area contributed by atoms with E-state index in [9.17, 15) is 14.0 Å². The van der Waals surface area contributed by atoms with Crippen LogP contribution in [-0.4, -0.2) is 15.9 Å². The first-order valence-electron chi connectivity index (χ1n) is 6.53. The summed E-state index contributed by atoms with van der Waals surface area (Å²) < 4.78 is 13.6. The van der Waals surface area contributed by atoms with Crippen molar-refractivity contribution < 1.29 is 9.18 Å². The number of thiophene rings is 1. The molecule has 0 unspecified atom stereocenters. The second kappa shape index (κ2) is 5.34. The maximum absolute atomic E-state index is 13.6. The van der Waals surface area contributed by atoms with E-state index in [-0.39, 0.29) is 11.2 Å². The van der Waals surface area contributed by atoms with Gasteiger partial charge in [0, 0.05) is 0 Å². The molecule has 0 spiro atoms. The molecule has 3 rings (SSSR count). The summed E-state index contributed by atoms with van der Waals surface area (Å²) in [7, 11) is 0. The minimum Gasteiger partial charge on any atom is -0.319 e. The number of rotatable bonds is 2. The van der Waals surface area contributed by atoms with Gasteiger partial charge in [-0.3, -0.25) is 9.59 Å². The second-order valence-electron chi connectivity index (χ2n) is 4.82. The van der Waals surface area contributed by atoms with E-state index < -0.39 is 11.7 Å². The molecule has 1 aromatic carbocycles. The number of amides is 1. The molecule has 22 heavy (non-hydrogen) atoms. The van der Waals surface area contributed by atoms with E-state index in [1.54, 1.807) is 26.0 Å². The number of halogens is 1. The van der Waals surface area contributed by atoms with Gasteiger partial charge in [-0.2, -0.15) is 0 Å². The number of nitrogens with one attached hydrogen (secondary N) is 2. The summed E-state index contributed by atoms with van der Waals surface area (Å²) in [5.41, 5.74) is 0.367. The topological polar surface area (TPSA) is 74.8 Å². The minimum atomic E-state index is -0.513. The molecular weight excluding hydrogens is 305 g/mol. The highest BCUT2D eigenvalue weighted by atomic mass is 32.1. The van der Waals surface area contributed by atoms with Crippen LogP contribution in [0.15, 0.2) is 29.1 Å². The molecular formula is C15H12FN3O2S. The molecule has 2 aromatic heterocycles. The van der Waals surface area contributed by atoms with Crippen molar-refractivity contribution in [3.8, 4) is 0 Å². The third-order valence-corrected chi connectivity index (χ3v) is 4.43. The van der Waals surface area contributed by atoms with Crippen LogP contribution in [0.1, 0.15) is 21.1 Å². The van der Waals surface area contributed by atoms with Crippen molar-refractivity contribution in [3.05, 3.63) is 56.7 Å². The highest BCUT2D eigenvalue weighted by molar-refractivity contribution is 7.20. The number of anilines is 1. The van der Waals surface area contributed by atoms with Gasteiger partial charge in [0.15, 0.2) is 0 Å². The molecule has 5 nitrogen and oxygen atoms in total. The summed E-state index contributed by atoms with van der Waals surface area (Å²) in [5, 5.41) is 2.92. The lowest BCUT2D eigenvalue weighted by atomic mass is 10.2. The Balaban J connectivity index is 2.05. The fourth-order valence-corrected chi connectivity index (χ4v) is 3.33. The maximum atomic E-state index is 13.6. The van der Waals surface area contributed by atoms with Gasteiger partial charge in [-0.15, -0.1) is 11.3 Å². The Labute approximate surface area is 128 Å². The molecule has 2 heterocycles. The number of carbonyl (C=O) groups excluding carboxylic acids is 1. The van der Waals surface area contributed by atoms with Gasteiger partial charge in [0.1, 0.15) is 16.5 Å². The summed E-state index contributed by atoms with van der Waals surface area (Å²) >= 11 is 1.12. The van der Waals surface area contributed by atoms with E-state index in [1.165, 1.54) is 12.1 Å². The van der Waals surface area contributed by atoms with Crippen LogP contribution in [0.3, 0.4) is 0 Å². The average molecular weight is 317 g/mol. The summed E-state index contributed by atoms with van der Waals surface area (Å²) in [6, 6.07) is 5.92. The number of benzene rings is 1. The number of hydrogen-bond donors (Lipinski definition) is 2. The quantitative estimate of drug-likeness (QED) is 0.763. The molecule has 3 aromatic rings. The number of H-pyrrole nitrogens is 1. The maximum Gasteiger partial charge on any atom is 0.266 e. The van der Waals surface area contributed by atoms with Crippen molar-refractivity contribution in [2.24, 2.45) is 0 Å². The van der Waals surface area contributed by atoms with Crippen LogP contribution in [0.4, 0.5) is 10.1 Å². The largest absolute Gasteiger partial charge is 0.319 e. The summed E-state index contributed by atoms with van der Waals surface area (Å²) in [6.07, 6.45) is 0. The first kappa shape index (κ1) is 14.4. The number of fused-ring (bicyclic) bond motifs is 1. The van der Waals surface area contributed by atoms with Gasteiger partial charge in [0.25, 0.3) is 11.5 Å². The van der Waals surface area contributed by atoms with Crippen LogP contribution < -0.4 is 10.9 Å². The van der Waals surface area contributed by atoms with Crippen LogP contribution >= 0.6 is 11.3 Å². The lowest BCUT2D eigenvalue weighted by molar-refractivity contribution is 0.102. The lowest BCUT2D eigenvalue weighted by Gasteiger charge is -2.05. The molecule has 0 radical (unpaired) electrons. The number of nitrogens with zero attached hydrogens (tertiary/aromatic N) is 1. The fourth-order valence-electron chi connectivity index (χ4n) is 2.21. The zero-order valence-electron chi connectivity index (χ0n) is 11.9. The zero-order chi connectivity index (χ0) is 15.9. The Morgan fingerprint density at radius 3 is 2.77 bits per heavy atom. The van der Waals surface area contributed by atoms with Crippen molar-refractivity contribution in [1.82, 2.24) is 9.97 Å². The summed E-state index contributed by atoms with van der Waals surface area (Å²) in [5.74, 6) is -0.483. The predicted molar refractivity (Wildman–Crippen MR) is 84.1 cm³/mol. The normalized spacial score (nSPS) is 10.9. The third kappa shape index (κ3) is 2.39. The van der Waals surface area contributed by atoms with E-state index in [0.717, 1.165) is 11.3 Å². The van der Waals surface area contributed by atoms with Crippen molar-refractivity contribution in [2.75, 3.05) is 5.32 Å². The van der Waals surface area contributed by atoms with E-state index in [1.807, 2.05) is 0 Å². The van der Waals surface area contributed by atoms with Crippen molar-refractivity contribution in [1.29, 1.82) is 0 Å². The summed E-state index contributed by atoms with van der Waals surface area (Å²) in [6.45, 7) is 3.36. The monoisotopic (exact) mass is 317 g/mol. The van der Waals surface area contributed by atoms with Crippen LogP contribution in [0.2, 0.25) is 0 Å². The van der Waals surface area contributed by atoms with Crippen molar-refractivity contribution in [2.45, 2.75) is 13.8 Å². The minimum absolute atomic E-state index is 0.0994. The highest BCUT2D eigenvalue weighted by Crippen LogP contribution is 2.28. The number of carbonyl (C=O) groups is 1. The van der Waals surface area contributed by atoms with E-state index in [4.69, 9.17) is 0 Å². The molecule has 0 bridgehead atoms. The predicted octanol–water partition coefficient (Wildman–Crippen LogP) is 2.99. The SMILES string of the molecule is Cc1nc2sc(C(=O)Nc3ccccc3F)c(C)c2c(=O)[nH]1. The van der Waals surface area contributed by atoms with Gasteiger partial charge >= 0.3 is 0 Å². The van der Waals surface area contributed by atoms with Gasteiger partial charge in [-0.05, 0) is 31.5 Å². The van der Waals surface area contributed by atoms with Gasteiger partial charge < -0.3 is 10.3 Å². The molecule has 0 aliphatic rings. The van der Waals surface area contributed by atoms with Crippen LogP contribution in [0, 0.1) is 19.7 Å². The van der Waals surface area contributed by atoms with Gasteiger partial charge in [0.2, 0.25) is 0 Å². The molecule has 1 amide bonds. The highest BCUT2D eigenvalue weighted by Gasteiger charge is 2.19. The zero-order valence-corrected chi connectivity index (χ0v) is 12.7. The molecule has 2 N–H and O–H groups in total. The molecule has 7 heteroatoms. The summed E-state index contributed by atoms with van der Waals surface area (Å²) in [4.78, 5) is 32.0. The smallest absolute Gasteiger partial charge is 0.266 e. The first-order chi connectivity index (χ1) is 10.5. The van der Waals surface area contributed by atoms with Crippen molar-refractivity contribution >= 4 is 33.1 Å². The van der Waals surface area contributed by atoms with Gasteiger partial charge in [-0.1, -0.05) is 12.1 Å². The Hall–Kier alpha value is -2.54. The number of aryl methyl sites for hydroxylation is 2. The molecule has 112 valence electrons. The van der Waals surface area contributed by atoms with E-state index >= 15 is 0 Å². The average Bonchev–Trinajstić information content (AvgIpc) is 2.78. The molecule has 0 saturated carbocycles. The van der Waals surface area contributed by atoms with Crippen LogP contribution in [0.5, 0.6) is 0 Å². The number of para-hydroxylation sites is 1. The van der Waals surface area contributed by atoms with E-state index in [0.29, 0.717) is 26.5 Å². The van der Waals surface area contributed by atoms with Crippen LogP contribution in [0.25, 0.3) is 10.2 Å². The number of aromatic amines is 1. The molecule has 0 atom stereocenters. The standard InChI is InChI=1S/C15H12FN3O2S/c1-7-11-13(20)17-8(2)18-15(11)22-12(7)14(21)19-10-6-4-3-5-9(10)16/h3-6H,1-2H3,(H,19,21)(H,17,18,20). The second-order valence-corrected chi connectivity index (χ2v) is 5.82. The van der Waals surface area contributed by atoms with E-state index in [2.05, 4.69) is 15.3 Å². The lowest BCUT2D eigenvalue weighted by Crippen LogP contribution is -2.13. The fraction of sp³-hybridized carbons (Fsp3) is 0.133. The molecule has 0 fully saturated rings. The Kier molecular flexibility index (Phi) is 3.50. The molecule has 0 aliphatic carbocycles. The first-order valence-corrected chi connectivity index (χ1v) is 7.35. The molecule has 0 saturated heterocycles. The van der Waals surface area contributed by atoms with Gasteiger partial charge in [-0.25, -0.2) is 9.37 Å². The van der Waals surface area contributed by atoms with Crippen molar-refractivity contribution in [3.63, 3.8) is 0 Å². The Bertz CT molecular complexity index is 946. The van der Waals surface area contributed by atoms with Crippen LogP contribution in [-0.2, 0) is 0 Å². The number of hydrogen-bond acceptors (Lipinski definition) is 4.